The van der Waals surface area contributed by atoms with Gasteiger partial charge in [0.15, 0.2) is 0 Å². The minimum atomic E-state index is -0.728. The van der Waals surface area contributed by atoms with E-state index in [9.17, 15) is 0 Å². The summed E-state index contributed by atoms with van der Waals surface area (Å²) < 4.78 is 0. The molecule has 0 amide bonds. The van der Waals surface area contributed by atoms with Crippen LogP contribution in [-0.2, 0) is 0 Å². The maximum atomic E-state index is 6.18. The van der Waals surface area contributed by atoms with Gasteiger partial charge in [-0.05, 0) is 65.5 Å². The molecule has 156 valence electrons. The van der Waals surface area contributed by atoms with Gasteiger partial charge in [-0.2, -0.15) is 10.2 Å². The molecule has 4 N–H and O–H groups in total. The van der Waals surface area contributed by atoms with Crippen LogP contribution in [-0.4, -0.2) is 22.7 Å². The van der Waals surface area contributed by atoms with Crippen LogP contribution in [0.3, 0.4) is 0 Å². The molecule has 0 atom stereocenters. The van der Waals surface area contributed by atoms with Crippen molar-refractivity contribution in [2.75, 3.05) is 0 Å². The second-order valence-electron chi connectivity index (χ2n) is 7.53. The lowest BCUT2D eigenvalue weighted by molar-refractivity contribution is 0.559. The molecule has 0 saturated carbocycles. The van der Waals surface area contributed by atoms with Gasteiger partial charge in [-0.3, -0.25) is 0 Å². The van der Waals surface area contributed by atoms with Gasteiger partial charge in [0.1, 0.15) is 22.7 Å². The smallest absolute Gasteiger partial charge is 0.133 e. The standard InChI is InChI=1S/C20H30N6.2ClH/c1-19(2,17(21)23-15-11-7-5-8-12-15)25-26-20(3,4)18(22)24-16-13-9-6-10-14-16;;/h7,9,11-14H,5-6,8,10H2,1-4H3,(H2,21,23)(H2,22,24);2*1H. The Kier molecular flexibility index (Phi) is 10.4. The van der Waals surface area contributed by atoms with Gasteiger partial charge in [0.2, 0.25) is 0 Å². The van der Waals surface area contributed by atoms with Gasteiger partial charge < -0.3 is 11.5 Å². The lowest BCUT2D eigenvalue weighted by Gasteiger charge is -2.23. The second-order valence-corrected chi connectivity index (χ2v) is 7.53. The highest BCUT2D eigenvalue weighted by molar-refractivity contribution is 5.91. The SMILES string of the molecule is CC(C)(N=NC(C)(C)C(N)=NC1=CCCC=C1)C(N)=NC1=CCCC=C1.Cl.Cl. The number of allylic oxidation sites excluding steroid dienone is 6. The van der Waals surface area contributed by atoms with E-state index >= 15 is 0 Å². The van der Waals surface area contributed by atoms with Crippen LogP contribution in [0.2, 0.25) is 0 Å². The Morgan fingerprint density at radius 3 is 1.36 bits per heavy atom. The molecule has 0 fully saturated rings. The van der Waals surface area contributed by atoms with E-state index in [0.717, 1.165) is 37.1 Å². The van der Waals surface area contributed by atoms with E-state index in [-0.39, 0.29) is 24.8 Å². The van der Waals surface area contributed by atoms with Crippen LogP contribution < -0.4 is 11.5 Å². The molecule has 0 aromatic rings. The van der Waals surface area contributed by atoms with E-state index in [0.29, 0.717) is 11.7 Å². The Hall–Kier alpha value is -1.92. The molecule has 2 rings (SSSR count). The summed E-state index contributed by atoms with van der Waals surface area (Å²) in [4.78, 5) is 8.96. The zero-order valence-electron chi connectivity index (χ0n) is 17.1. The largest absolute Gasteiger partial charge is 0.385 e. The topological polar surface area (TPSA) is 101 Å². The molecule has 2 aliphatic rings. The minimum Gasteiger partial charge on any atom is -0.385 e. The number of halogens is 2. The van der Waals surface area contributed by atoms with E-state index < -0.39 is 11.1 Å². The zero-order valence-corrected chi connectivity index (χ0v) is 18.7. The first-order valence-corrected chi connectivity index (χ1v) is 9.07. The van der Waals surface area contributed by atoms with E-state index in [1.165, 1.54) is 0 Å². The summed E-state index contributed by atoms with van der Waals surface area (Å²) in [6.07, 6.45) is 16.3. The highest BCUT2D eigenvalue weighted by atomic mass is 35.5. The van der Waals surface area contributed by atoms with Crippen molar-refractivity contribution in [2.45, 2.75) is 64.5 Å². The van der Waals surface area contributed by atoms with Gasteiger partial charge in [-0.1, -0.05) is 24.3 Å². The first-order chi connectivity index (χ1) is 12.2. The molecular weight excluding hydrogens is 395 g/mol. The average molecular weight is 427 g/mol. The number of nitrogens with zero attached hydrogens (tertiary/aromatic N) is 4. The number of aliphatic imine (C=N–C) groups is 2. The van der Waals surface area contributed by atoms with Crippen LogP contribution in [0.4, 0.5) is 0 Å². The Labute approximate surface area is 180 Å². The molecule has 0 radical (unpaired) electrons. The van der Waals surface area contributed by atoms with Gasteiger partial charge in [-0.25, -0.2) is 9.98 Å². The van der Waals surface area contributed by atoms with Crippen molar-refractivity contribution < 1.29 is 0 Å². The summed E-state index contributed by atoms with van der Waals surface area (Å²) in [5, 5.41) is 8.85. The normalized spacial score (nSPS) is 18.3. The highest BCUT2D eigenvalue weighted by Crippen LogP contribution is 2.20. The van der Waals surface area contributed by atoms with Crippen molar-refractivity contribution in [3.8, 4) is 0 Å². The molecule has 0 spiro atoms. The molecule has 0 heterocycles. The van der Waals surface area contributed by atoms with Crippen LogP contribution >= 0.6 is 24.8 Å². The van der Waals surface area contributed by atoms with Crippen molar-refractivity contribution in [1.82, 2.24) is 0 Å². The number of rotatable bonds is 6. The number of amidine groups is 2. The maximum absolute atomic E-state index is 6.18. The van der Waals surface area contributed by atoms with Gasteiger partial charge in [-0.15, -0.1) is 24.8 Å². The first kappa shape index (κ1) is 26.1. The predicted molar refractivity (Wildman–Crippen MR) is 124 cm³/mol. The van der Waals surface area contributed by atoms with Crippen molar-refractivity contribution in [2.24, 2.45) is 31.7 Å². The maximum Gasteiger partial charge on any atom is 0.133 e. The van der Waals surface area contributed by atoms with E-state index in [2.05, 4.69) is 44.5 Å². The van der Waals surface area contributed by atoms with E-state index in [4.69, 9.17) is 11.5 Å². The van der Waals surface area contributed by atoms with Gasteiger partial charge >= 0.3 is 0 Å². The monoisotopic (exact) mass is 426 g/mol. The summed E-state index contributed by atoms with van der Waals surface area (Å²) in [5.41, 5.74) is 12.6. The quantitative estimate of drug-likeness (QED) is 0.353. The van der Waals surface area contributed by atoms with Crippen LogP contribution in [0.1, 0.15) is 53.4 Å². The highest BCUT2D eigenvalue weighted by Gasteiger charge is 2.27. The van der Waals surface area contributed by atoms with Crippen LogP contribution in [0, 0.1) is 0 Å². The molecule has 8 heteroatoms. The van der Waals surface area contributed by atoms with Gasteiger partial charge in [0.05, 0.1) is 11.4 Å². The van der Waals surface area contributed by atoms with Crippen LogP contribution in [0.5, 0.6) is 0 Å². The Morgan fingerprint density at radius 2 is 1.07 bits per heavy atom. The van der Waals surface area contributed by atoms with Crippen molar-refractivity contribution in [3.63, 3.8) is 0 Å². The average Bonchev–Trinajstić information content (AvgIpc) is 2.62. The molecule has 0 unspecified atom stereocenters. The molecule has 0 aromatic heterocycles. The molecular formula is C20H32Cl2N6. The summed E-state index contributed by atoms with van der Waals surface area (Å²) in [5.74, 6) is 0.839. The van der Waals surface area contributed by atoms with Crippen LogP contribution in [0.15, 0.2) is 68.1 Å². The fourth-order valence-electron chi connectivity index (χ4n) is 2.27. The summed E-state index contributed by atoms with van der Waals surface area (Å²) >= 11 is 0. The third-order valence-electron chi connectivity index (χ3n) is 4.25. The number of azo groups is 1. The third-order valence-corrected chi connectivity index (χ3v) is 4.25. The zero-order chi connectivity index (χ0) is 19.2. The second kappa shape index (κ2) is 11.2. The van der Waals surface area contributed by atoms with Crippen molar-refractivity contribution >= 4 is 36.5 Å². The molecule has 0 aromatic carbocycles. The van der Waals surface area contributed by atoms with Gasteiger partial charge in [0, 0.05) is 0 Å². The predicted octanol–water partition coefficient (Wildman–Crippen LogP) is 5.02. The fourth-order valence-corrected chi connectivity index (χ4v) is 2.27. The Bertz CT molecular complexity index is 678. The van der Waals surface area contributed by atoms with E-state index in [1.54, 1.807) is 0 Å². The van der Waals surface area contributed by atoms with E-state index in [1.807, 2.05) is 39.8 Å². The Balaban J connectivity index is 0.00000364. The lowest BCUT2D eigenvalue weighted by Crippen LogP contribution is -2.40. The fraction of sp³-hybridized carbons (Fsp3) is 0.500. The molecule has 0 saturated heterocycles. The van der Waals surface area contributed by atoms with Crippen LogP contribution in [0.25, 0.3) is 0 Å². The summed E-state index contributed by atoms with van der Waals surface area (Å²) in [7, 11) is 0. The third kappa shape index (κ3) is 7.60. The summed E-state index contributed by atoms with van der Waals surface area (Å²) in [6.45, 7) is 7.55. The summed E-state index contributed by atoms with van der Waals surface area (Å²) in [6, 6.07) is 0. The molecule has 2 aliphatic carbocycles. The van der Waals surface area contributed by atoms with Crippen molar-refractivity contribution in [1.29, 1.82) is 0 Å². The minimum absolute atomic E-state index is 0. The molecule has 0 bridgehead atoms. The molecule has 0 aliphatic heterocycles. The first-order valence-electron chi connectivity index (χ1n) is 9.07. The number of hydrogen-bond donors (Lipinski definition) is 2. The molecule has 28 heavy (non-hydrogen) atoms. The number of nitrogens with two attached hydrogens (primary N) is 2. The lowest BCUT2D eigenvalue weighted by atomic mass is 10.0. The number of hydrogen-bond acceptors (Lipinski definition) is 4. The van der Waals surface area contributed by atoms with Gasteiger partial charge in [0.25, 0.3) is 0 Å². The van der Waals surface area contributed by atoms with Crippen molar-refractivity contribution in [3.05, 3.63) is 47.9 Å². The molecule has 6 nitrogen and oxygen atoms in total. The Morgan fingerprint density at radius 1 is 0.714 bits per heavy atom.